The Bertz CT molecular complexity index is 85.0. The molecule has 0 aromatic heterocycles. The number of carbonyl (C=O) groups excluding carboxylic acids is 1. The summed E-state index contributed by atoms with van der Waals surface area (Å²) >= 11 is 0. The lowest BCUT2D eigenvalue weighted by atomic mass is 10.4. The molecule has 3 heteroatoms. The summed E-state index contributed by atoms with van der Waals surface area (Å²) in [5.41, 5.74) is 0. The van der Waals surface area contributed by atoms with Crippen molar-refractivity contribution in [3.63, 3.8) is 0 Å². The molecule has 0 saturated heterocycles. The van der Waals surface area contributed by atoms with Crippen molar-refractivity contribution in [2.75, 3.05) is 7.11 Å². The fraction of sp³-hybridized carbons (Fsp3) is 0.800. The number of methoxy groups -OCH3 is 1. The van der Waals surface area contributed by atoms with Crippen molar-refractivity contribution in [2.24, 2.45) is 0 Å². The van der Waals surface area contributed by atoms with Crippen LogP contribution >= 0.6 is 0 Å². The second kappa shape index (κ2) is 3.29. The average Bonchev–Trinajstić information content (AvgIpc) is 1.65. The highest BCUT2D eigenvalue weighted by Crippen LogP contribution is 1.77. The van der Waals surface area contributed by atoms with E-state index in [9.17, 15) is 4.79 Å². The van der Waals surface area contributed by atoms with E-state index in [4.69, 9.17) is 0 Å². The van der Waals surface area contributed by atoms with Gasteiger partial charge in [-0.2, -0.15) is 0 Å². The molecule has 0 aliphatic rings. The molecule has 0 spiro atoms. The van der Waals surface area contributed by atoms with Crippen molar-refractivity contribution in [3.05, 3.63) is 0 Å². The van der Waals surface area contributed by atoms with E-state index in [1.165, 1.54) is 7.11 Å². The van der Waals surface area contributed by atoms with Crippen molar-refractivity contribution in [1.82, 2.24) is 5.32 Å². The summed E-state index contributed by atoms with van der Waals surface area (Å²) in [7, 11) is 1.34. The van der Waals surface area contributed by atoms with Crippen LogP contribution in [0.3, 0.4) is 0 Å². The van der Waals surface area contributed by atoms with Crippen LogP contribution in [0.1, 0.15) is 15.3 Å². The third-order valence-electron chi connectivity index (χ3n) is 0.592. The van der Waals surface area contributed by atoms with E-state index in [2.05, 4.69) is 10.1 Å². The van der Waals surface area contributed by atoms with E-state index in [0.29, 0.717) is 0 Å². The molecule has 0 radical (unpaired) electrons. The van der Waals surface area contributed by atoms with Gasteiger partial charge >= 0.3 is 6.09 Å². The second-order valence-electron chi connectivity index (χ2n) is 1.79. The minimum atomic E-state index is -0.375. The van der Waals surface area contributed by atoms with E-state index in [0.717, 1.165) is 0 Å². The molecule has 0 atom stereocenters. The Morgan fingerprint density at radius 2 is 2.25 bits per heavy atom. The summed E-state index contributed by atoms with van der Waals surface area (Å²) in [5.74, 6) is 0. The standard InChI is InChI=1S/C5H11NO2.H2/c1-4(2)6-5(7)8-3;/h4H,1-3H3,(H,6,7);1H. The van der Waals surface area contributed by atoms with Crippen molar-refractivity contribution in [2.45, 2.75) is 19.9 Å². The van der Waals surface area contributed by atoms with E-state index in [-0.39, 0.29) is 13.6 Å². The molecule has 0 unspecified atom stereocenters. The number of ether oxygens (including phenoxy) is 1. The van der Waals surface area contributed by atoms with Gasteiger partial charge in [-0.15, -0.1) is 0 Å². The van der Waals surface area contributed by atoms with E-state index >= 15 is 0 Å². The van der Waals surface area contributed by atoms with E-state index in [1.54, 1.807) is 0 Å². The average molecular weight is 119 g/mol. The van der Waals surface area contributed by atoms with Gasteiger partial charge in [0.2, 0.25) is 0 Å². The van der Waals surface area contributed by atoms with Gasteiger partial charge in [-0.1, -0.05) is 0 Å². The number of alkyl carbamates (subject to hydrolysis) is 1. The molecule has 0 saturated carbocycles. The van der Waals surface area contributed by atoms with Crippen LogP contribution in [-0.2, 0) is 4.74 Å². The first-order chi connectivity index (χ1) is 3.66. The third kappa shape index (κ3) is 3.46. The molecule has 0 aliphatic heterocycles. The van der Waals surface area contributed by atoms with Crippen molar-refractivity contribution in [3.8, 4) is 0 Å². The molecule has 0 fully saturated rings. The number of hydrogen-bond acceptors (Lipinski definition) is 2. The smallest absolute Gasteiger partial charge is 0.407 e. The maximum atomic E-state index is 10.3. The van der Waals surface area contributed by atoms with Gasteiger partial charge in [-0.25, -0.2) is 4.79 Å². The highest BCUT2D eigenvalue weighted by molar-refractivity contribution is 5.67. The monoisotopic (exact) mass is 119 g/mol. The number of amides is 1. The summed E-state index contributed by atoms with van der Waals surface area (Å²) in [5, 5.41) is 2.53. The molecular weight excluding hydrogens is 106 g/mol. The maximum Gasteiger partial charge on any atom is 0.407 e. The summed E-state index contributed by atoms with van der Waals surface area (Å²) in [6.07, 6.45) is -0.375. The zero-order valence-corrected chi connectivity index (χ0v) is 5.39. The molecular formula is C5H13NO2. The molecule has 8 heavy (non-hydrogen) atoms. The predicted molar refractivity (Wildman–Crippen MR) is 32.8 cm³/mol. The first-order valence-electron chi connectivity index (χ1n) is 2.51. The van der Waals surface area contributed by atoms with Gasteiger partial charge in [0.25, 0.3) is 0 Å². The molecule has 0 aromatic rings. The lowest BCUT2D eigenvalue weighted by molar-refractivity contribution is 0.168. The summed E-state index contributed by atoms with van der Waals surface area (Å²) in [6.45, 7) is 3.74. The van der Waals surface area contributed by atoms with Crippen LogP contribution in [0.5, 0.6) is 0 Å². The molecule has 1 N–H and O–H groups in total. The lowest BCUT2D eigenvalue weighted by Gasteiger charge is -2.04. The lowest BCUT2D eigenvalue weighted by Crippen LogP contribution is -2.29. The summed E-state index contributed by atoms with van der Waals surface area (Å²) < 4.78 is 4.31. The van der Waals surface area contributed by atoms with Gasteiger partial charge in [0.05, 0.1) is 7.11 Å². The predicted octanol–water partition coefficient (Wildman–Crippen LogP) is 0.997. The molecule has 0 heterocycles. The van der Waals surface area contributed by atoms with Crippen LogP contribution in [-0.4, -0.2) is 19.2 Å². The van der Waals surface area contributed by atoms with E-state index < -0.39 is 0 Å². The first-order valence-corrected chi connectivity index (χ1v) is 2.51. The van der Waals surface area contributed by atoms with Crippen LogP contribution in [0.2, 0.25) is 0 Å². The van der Waals surface area contributed by atoms with Crippen molar-refractivity contribution >= 4 is 6.09 Å². The fourth-order valence-corrected chi connectivity index (χ4v) is 0.295. The first kappa shape index (κ1) is 7.27. The minimum absolute atomic E-state index is 0. The van der Waals surface area contributed by atoms with E-state index in [1.807, 2.05) is 13.8 Å². The van der Waals surface area contributed by atoms with Gasteiger partial charge in [0.1, 0.15) is 0 Å². The Morgan fingerprint density at radius 3 is 2.38 bits per heavy atom. The van der Waals surface area contributed by atoms with Crippen LogP contribution in [0.15, 0.2) is 0 Å². The fourth-order valence-electron chi connectivity index (χ4n) is 0.295. The van der Waals surface area contributed by atoms with Crippen LogP contribution in [0.25, 0.3) is 0 Å². The Hall–Kier alpha value is -0.730. The molecule has 1 amide bonds. The number of hydrogen-bond donors (Lipinski definition) is 1. The number of carbonyl (C=O) groups is 1. The Kier molecular flexibility index (Phi) is 2.99. The van der Waals surface area contributed by atoms with Gasteiger partial charge < -0.3 is 10.1 Å². The molecule has 50 valence electrons. The summed E-state index contributed by atoms with van der Waals surface area (Å²) in [6, 6.07) is 0.155. The Morgan fingerprint density at radius 1 is 1.75 bits per heavy atom. The van der Waals surface area contributed by atoms with Crippen LogP contribution in [0.4, 0.5) is 4.79 Å². The molecule has 0 rings (SSSR count). The van der Waals surface area contributed by atoms with Crippen molar-refractivity contribution in [1.29, 1.82) is 0 Å². The highest BCUT2D eigenvalue weighted by atomic mass is 16.5. The topological polar surface area (TPSA) is 38.3 Å². The minimum Gasteiger partial charge on any atom is -0.453 e. The Balaban J connectivity index is 0. The van der Waals surface area contributed by atoms with Crippen LogP contribution < -0.4 is 5.32 Å². The highest BCUT2D eigenvalue weighted by Gasteiger charge is 1.97. The normalized spacial score (nSPS) is 9.00. The number of rotatable bonds is 1. The van der Waals surface area contributed by atoms with Crippen molar-refractivity contribution < 1.29 is 11.0 Å². The molecule has 0 aliphatic carbocycles. The van der Waals surface area contributed by atoms with Gasteiger partial charge in [0, 0.05) is 7.47 Å². The second-order valence-corrected chi connectivity index (χ2v) is 1.79. The van der Waals surface area contributed by atoms with Gasteiger partial charge in [-0.05, 0) is 13.8 Å². The summed E-state index contributed by atoms with van der Waals surface area (Å²) in [4.78, 5) is 10.3. The molecule has 3 nitrogen and oxygen atoms in total. The number of nitrogens with one attached hydrogen (secondary N) is 1. The van der Waals surface area contributed by atoms with Gasteiger partial charge in [0.15, 0.2) is 0 Å². The quantitative estimate of drug-likeness (QED) is 0.559. The van der Waals surface area contributed by atoms with Crippen LogP contribution in [0, 0.1) is 0 Å². The zero-order valence-electron chi connectivity index (χ0n) is 5.39. The third-order valence-corrected chi connectivity index (χ3v) is 0.592. The maximum absolute atomic E-state index is 10.3. The van der Waals surface area contributed by atoms with Gasteiger partial charge in [-0.3, -0.25) is 0 Å². The Labute approximate surface area is 50.5 Å². The zero-order chi connectivity index (χ0) is 6.57. The molecule has 0 aromatic carbocycles. The largest absolute Gasteiger partial charge is 0.453 e. The molecule has 0 bridgehead atoms. The SMILES string of the molecule is COC(=O)NC(C)C.[HH].